The second-order valence-electron chi connectivity index (χ2n) is 4.41. The molecule has 4 nitrogen and oxygen atoms in total. The van der Waals surface area contributed by atoms with Crippen molar-refractivity contribution in [2.45, 2.75) is 6.54 Å². The van der Waals surface area contributed by atoms with E-state index in [1.54, 1.807) is 23.5 Å². The molecule has 21 heavy (non-hydrogen) atoms. The lowest BCUT2D eigenvalue weighted by Gasteiger charge is -2.02. The molecule has 0 atom stereocenters. The van der Waals surface area contributed by atoms with Crippen molar-refractivity contribution >= 4 is 17.0 Å². The number of benzene rings is 2. The third-order valence-electron chi connectivity index (χ3n) is 2.95. The van der Waals surface area contributed by atoms with Crippen molar-refractivity contribution < 1.29 is 0 Å². The normalized spacial score (nSPS) is 10.0. The maximum Gasteiger partial charge on any atom is 0.147 e. The van der Waals surface area contributed by atoms with Gasteiger partial charge in [0, 0.05) is 11.3 Å². The van der Waals surface area contributed by atoms with Crippen molar-refractivity contribution in [1.82, 2.24) is 10.2 Å². The summed E-state index contributed by atoms with van der Waals surface area (Å²) in [6.45, 7) is 0.621. The number of rotatable bonds is 4. The number of nitrogens with one attached hydrogen (secondary N) is 1. The van der Waals surface area contributed by atoms with Gasteiger partial charge in [0.05, 0.1) is 18.2 Å². The van der Waals surface area contributed by atoms with Gasteiger partial charge in [-0.3, -0.25) is 0 Å². The first-order chi connectivity index (χ1) is 10.3. The van der Waals surface area contributed by atoms with E-state index in [9.17, 15) is 0 Å². The van der Waals surface area contributed by atoms with Crippen LogP contribution in [0.5, 0.6) is 0 Å². The molecule has 0 aliphatic rings. The highest BCUT2D eigenvalue weighted by molar-refractivity contribution is 7.14. The second-order valence-corrected chi connectivity index (χ2v) is 5.47. The molecule has 2 aromatic carbocycles. The minimum absolute atomic E-state index is 0.621. The Morgan fingerprint density at radius 2 is 1.76 bits per heavy atom. The molecule has 3 rings (SSSR count). The average molecular weight is 292 g/mol. The Hall–Kier alpha value is -2.71. The zero-order valence-electron chi connectivity index (χ0n) is 11.2. The van der Waals surface area contributed by atoms with Crippen molar-refractivity contribution in [2.75, 3.05) is 5.32 Å². The van der Waals surface area contributed by atoms with Gasteiger partial charge in [-0.15, -0.1) is 10.2 Å². The molecular weight excluding hydrogens is 280 g/mol. The second kappa shape index (κ2) is 6.16. The topological polar surface area (TPSA) is 61.6 Å². The molecule has 0 saturated carbocycles. The minimum atomic E-state index is 0.621. The van der Waals surface area contributed by atoms with Gasteiger partial charge in [0.25, 0.3) is 0 Å². The van der Waals surface area contributed by atoms with Gasteiger partial charge < -0.3 is 5.32 Å². The maximum absolute atomic E-state index is 8.76. The first-order valence-corrected chi connectivity index (χ1v) is 7.28. The van der Waals surface area contributed by atoms with Gasteiger partial charge in [0.15, 0.2) is 0 Å². The Labute approximate surface area is 126 Å². The van der Waals surface area contributed by atoms with Crippen LogP contribution in [0.4, 0.5) is 5.69 Å². The number of aromatic nitrogens is 2. The molecule has 0 aliphatic carbocycles. The molecule has 0 aliphatic heterocycles. The molecule has 0 amide bonds. The molecule has 1 heterocycles. The average Bonchev–Trinajstić information content (AvgIpc) is 3.03. The fraction of sp³-hybridized carbons (Fsp3) is 0.0625. The number of nitrogens with zero attached hydrogens (tertiary/aromatic N) is 3. The Bertz CT molecular complexity index is 757. The van der Waals surface area contributed by atoms with Gasteiger partial charge in [0.2, 0.25) is 0 Å². The van der Waals surface area contributed by atoms with Gasteiger partial charge in [0.1, 0.15) is 10.0 Å². The minimum Gasteiger partial charge on any atom is -0.378 e. The standard InChI is InChI=1S/C16H12N4S/c17-10-12-6-8-14(9-7-12)18-11-15-19-20-16(21-15)13-4-2-1-3-5-13/h1-9,18H,11H2. The van der Waals surface area contributed by atoms with Crippen molar-refractivity contribution in [2.24, 2.45) is 0 Å². The summed E-state index contributed by atoms with van der Waals surface area (Å²) in [5, 5.41) is 22.3. The largest absolute Gasteiger partial charge is 0.378 e. The molecule has 102 valence electrons. The van der Waals surface area contributed by atoms with Crippen LogP contribution < -0.4 is 5.32 Å². The number of hydrogen-bond donors (Lipinski definition) is 1. The third kappa shape index (κ3) is 3.25. The van der Waals surface area contributed by atoms with Crippen LogP contribution in [0.15, 0.2) is 54.6 Å². The summed E-state index contributed by atoms with van der Waals surface area (Å²) in [7, 11) is 0. The molecule has 1 aromatic heterocycles. The Kier molecular flexibility index (Phi) is 3.90. The van der Waals surface area contributed by atoms with Crippen LogP contribution in [0.3, 0.4) is 0 Å². The molecule has 0 fully saturated rings. The van der Waals surface area contributed by atoms with Crippen molar-refractivity contribution in [3.05, 3.63) is 65.2 Å². The first-order valence-electron chi connectivity index (χ1n) is 6.47. The summed E-state index contributed by atoms with van der Waals surface area (Å²) in [6, 6.07) is 19.5. The monoisotopic (exact) mass is 292 g/mol. The van der Waals surface area contributed by atoms with Gasteiger partial charge in [-0.05, 0) is 24.3 Å². The summed E-state index contributed by atoms with van der Waals surface area (Å²) < 4.78 is 0. The summed E-state index contributed by atoms with van der Waals surface area (Å²) in [5.41, 5.74) is 2.70. The van der Waals surface area contributed by atoms with E-state index >= 15 is 0 Å². The van der Waals surface area contributed by atoms with E-state index in [4.69, 9.17) is 5.26 Å². The van der Waals surface area contributed by atoms with E-state index in [-0.39, 0.29) is 0 Å². The molecular formula is C16H12N4S. The highest BCUT2D eigenvalue weighted by atomic mass is 32.1. The number of nitriles is 1. The summed E-state index contributed by atoms with van der Waals surface area (Å²) in [4.78, 5) is 0. The van der Waals surface area contributed by atoms with E-state index in [1.165, 1.54) is 0 Å². The molecule has 0 radical (unpaired) electrons. The maximum atomic E-state index is 8.76. The SMILES string of the molecule is N#Cc1ccc(NCc2nnc(-c3ccccc3)s2)cc1. The van der Waals surface area contributed by atoms with Crippen molar-refractivity contribution in [1.29, 1.82) is 5.26 Å². The Balaban J connectivity index is 1.66. The molecule has 1 N–H and O–H groups in total. The summed E-state index contributed by atoms with van der Waals surface area (Å²) >= 11 is 1.58. The lowest BCUT2D eigenvalue weighted by molar-refractivity contribution is 0.992. The van der Waals surface area contributed by atoms with Gasteiger partial charge in [-0.2, -0.15) is 5.26 Å². The van der Waals surface area contributed by atoms with E-state index in [0.29, 0.717) is 12.1 Å². The van der Waals surface area contributed by atoms with Crippen molar-refractivity contribution in [3.63, 3.8) is 0 Å². The Morgan fingerprint density at radius 1 is 1.00 bits per heavy atom. The highest BCUT2D eigenvalue weighted by Crippen LogP contribution is 2.23. The van der Waals surface area contributed by atoms with Crippen LogP contribution in [0, 0.1) is 11.3 Å². The zero-order valence-corrected chi connectivity index (χ0v) is 12.0. The van der Waals surface area contributed by atoms with E-state index < -0.39 is 0 Å². The summed E-state index contributed by atoms with van der Waals surface area (Å²) in [5.74, 6) is 0. The molecule has 0 saturated heterocycles. The Morgan fingerprint density at radius 3 is 2.48 bits per heavy atom. The fourth-order valence-corrected chi connectivity index (χ4v) is 2.65. The predicted molar refractivity (Wildman–Crippen MR) is 83.8 cm³/mol. The van der Waals surface area contributed by atoms with E-state index in [0.717, 1.165) is 21.3 Å². The molecule has 0 unspecified atom stereocenters. The van der Waals surface area contributed by atoms with Crippen LogP contribution in [0.25, 0.3) is 10.6 Å². The zero-order chi connectivity index (χ0) is 14.5. The smallest absolute Gasteiger partial charge is 0.147 e. The molecule has 5 heteroatoms. The van der Waals surface area contributed by atoms with Gasteiger partial charge in [-0.25, -0.2) is 0 Å². The van der Waals surface area contributed by atoms with Crippen LogP contribution in [-0.2, 0) is 6.54 Å². The lowest BCUT2D eigenvalue weighted by atomic mass is 10.2. The van der Waals surface area contributed by atoms with Crippen LogP contribution in [0.1, 0.15) is 10.6 Å². The number of hydrogen-bond acceptors (Lipinski definition) is 5. The van der Waals surface area contributed by atoms with Crippen LogP contribution in [0.2, 0.25) is 0 Å². The molecule has 0 bridgehead atoms. The summed E-state index contributed by atoms with van der Waals surface area (Å²) in [6.07, 6.45) is 0. The van der Waals surface area contributed by atoms with E-state index in [1.807, 2.05) is 42.5 Å². The highest BCUT2D eigenvalue weighted by Gasteiger charge is 2.05. The quantitative estimate of drug-likeness (QED) is 0.796. The van der Waals surface area contributed by atoms with Crippen LogP contribution >= 0.6 is 11.3 Å². The first kappa shape index (κ1) is 13.3. The predicted octanol–water partition coefficient (Wildman–Crippen LogP) is 3.69. The van der Waals surface area contributed by atoms with Gasteiger partial charge in [-0.1, -0.05) is 41.7 Å². The molecule has 0 spiro atoms. The van der Waals surface area contributed by atoms with Crippen molar-refractivity contribution in [3.8, 4) is 16.6 Å². The number of anilines is 1. The fourth-order valence-electron chi connectivity index (χ4n) is 1.86. The van der Waals surface area contributed by atoms with Gasteiger partial charge >= 0.3 is 0 Å². The molecule has 3 aromatic rings. The lowest BCUT2D eigenvalue weighted by Crippen LogP contribution is -1.98. The van der Waals surface area contributed by atoms with Crippen LogP contribution in [-0.4, -0.2) is 10.2 Å². The third-order valence-corrected chi connectivity index (χ3v) is 3.92. The van der Waals surface area contributed by atoms with E-state index in [2.05, 4.69) is 21.6 Å².